The third kappa shape index (κ3) is 6.79. The highest BCUT2D eigenvalue weighted by Gasteiger charge is 2.29. The Balaban J connectivity index is 1.45. The van der Waals surface area contributed by atoms with Crippen LogP contribution in [0, 0.1) is 5.82 Å². The molecular formula is C26H31FN2O5. The second kappa shape index (κ2) is 11.6. The third-order valence-electron chi connectivity index (χ3n) is 6.00. The molecule has 1 saturated heterocycles. The van der Waals surface area contributed by atoms with Gasteiger partial charge in [0.1, 0.15) is 11.6 Å². The van der Waals surface area contributed by atoms with Crippen molar-refractivity contribution in [3.8, 4) is 5.75 Å². The summed E-state index contributed by atoms with van der Waals surface area (Å²) in [5.74, 6) is -1.02. The van der Waals surface area contributed by atoms with E-state index in [1.165, 1.54) is 29.2 Å². The molecule has 0 N–H and O–H groups in total. The number of esters is 1. The molecule has 1 heterocycles. The highest BCUT2D eigenvalue weighted by molar-refractivity contribution is 5.91. The molecule has 0 aromatic heterocycles. The van der Waals surface area contributed by atoms with Crippen LogP contribution < -0.4 is 4.74 Å². The van der Waals surface area contributed by atoms with Gasteiger partial charge in [-0.15, -0.1) is 0 Å². The minimum atomic E-state index is -0.647. The smallest absolute Gasteiger partial charge is 0.338 e. The van der Waals surface area contributed by atoms with Gasteiger partial charge in [-0.3, -0.25) is 9.59 Å². The average Bonchev–Trinajstić information content (AvgIpc) is 2.81. The van der Waals surface area contributed by atoms with Gasteiger partial charge in [0.2, 0.25) is 0 Å². The number of benzene rings is 2. The highest BCUT2D eigenvalue weighted by atomic mass is 19.1. The summed E-state index contributed by atoms with van der Waals surface area (Å²) < 4.78 is 24.0. The summed E-state index contributed by atoms with van der Waals surface area (Å²) in [5, 5.41) is 0. The number of hydrogen-bond acceptors (Lipinski definition) is 5. The van der Waals surface area contributed by atoms with Gasteiger partial charge in [0, 0.05) is 25.7 Å². The number of rotatable bonds is 8. The van der Waals surface area contributed by atoms with E-state index in [0.29, 0.717) is 11.3 Å². The molecule has 2 aromatic rings. The molecule has 1 aliphatic rings. The number of hydrogen-bond donors (Lipinski definition) is 0. The van der Waals surface area contributed by atoms with Crippen LogP contribution in [0.3, 0.4) is 0 Å². The van der Waals surface area contributed by atoms with Crippen LogP contribution in [0.15, 0.2) is 48.5 Å². The standard InChI is InChI=1S/C26H31FN2O5/c1-18-6-4-7-19(2)29(18)25(31)17-33-23-12-10-21(11-13-23)26(32)34-16-24(30)28(3)15-20-8-5-9-22(27)14-20/h5,8-14,18-19H,4,6-7,15-17H2,1-3H3/t18-,19-/m0/s1. The van der Waals surface area contributed by atoms with E-state index < -0.39 is 18.5 Å². The molecule has 0 bridgehead atoms. The SMILES string of the molecule is C[C@H]1CCC[C@H](C)N1C(=O)COc1ccc(C(=O)OCC(=O)N(C)Cc2cccc(F)c2)cc1. The number of carbonyl (C=O) groups is 3. The number of amides is 2. The van der Waals surface area contributed by atoms with E-state index in [4.69, 9.17) is 9.47 Å². The molecular weight excluding hydrogens is 439 g/mol. The second-order valence-electron chi connectivity index (χ2n) is 8.70. The van der Waals surface area contributed by atoms with Gasteiger partial charge >= 0.3 is 5.97 Å². The van der Waals surface area contributed by atoms with E-state index in [9.17, 15) is 18.8 Å². The van der Waals surface area contributed by atoms with Crippen molar-refractivity contribution in [1.82, 2.24) is 9.80 Å². The predicted octanol–water partition coefficient (Wildman–Crippen LogP) is 3.81. The molecule has 7 nitrogen and oxygen atoms in total. The Kier molecular flexibility index (Phi) is 8.62. The van der Waals surface area contributed by atoms with E-state index in [1.807, 2.05) is 4.90 Å². The average molecular weight is 471 g/mol. The summed E-state index contributed by atoms with van der Waals surface area (Å²) in [6.07, 6.45) is 3.12. The number of likely N-dealkylation sites (N-methyl/N-ethyl adjacent to an activating group) is 1. The molecule has 1 aliphatic heterocycles. The van der Waals surface area contributed by atoms with Gasteiger partial charge in [-0.2, -0.15) is 0 Å². The summed E-state index contributed by atoms with van der Waals surface area (Å²) >= 11 is 0. The van der Waals surface area contributed by atoms with Gasteiger partial charge < -0.3 is 19.3 Å². The van der Waals surface area contributed by atoms with Crippen LogP contribution >= 0.6 is 0 Å². The van der Waals surface area contributed by atoms with Crippen molar-refractivity contribution < 1.29 is 28.2 Å². The van der Waals surface area contributed by atoms with Crippen LogP contribution in [0.1, 0.15) is 49.0 Å². The van der Waals surface area contributed by atoms with E-state index in [2.05, 4.69) is 13.8 Å². The first-order valence-corrected chi connectivity index (χ1v) is 11.4. The lowest BCUT2D eigenvalue weighted by molar-refractivity contribution is -0.139. The first-order chi connectivity index (χ1) is 16.2. The molecule has 2 aromatic carbocycles. The van der Waals surface area contributed by atoms with Gasteiger partial charge in [0.15, 0.2) is 13.2 Å². The zero-order valence-corrected chi connectivity index (χ0v) is 19.8. The van der Waals surface area contributed by atoms with Crippen LogP contribution in [-0.2, 0) is 20.9 Å². The summed E-state index contributed by atoms with van der Waals surface area (Å²) in [6, 6.07) is 12.6. The Bertz CT molecular complexity index is 1000. The van der Waals surface area contributed by atoms with Crippen molar-refractivity contribution in [2.24, 2.45) is 0 Å². The largest absolute Gasteiger partial charge is 0.484 e. The molecule has 1 fully saturated rings. The van der Waals surface area contributed by atoms with E-state index in [1.54, 1.807) is 31.3 Å². The van der Waals surface area contributed by atoms with Crippen molar-refractivity contribution in [3.05, 3.63) is 65.5 Å². The minimum Gasteiger partial charge on any atom is -0.484 e. The number of carbonyl (C=O) groups excluding carboxylic acids is 3. The Labute approximate surface area is 199 Å². The van der Waals surface area contributed by atoms with Crippen LogP contribution in [0.2, 0.25) is 0 Å². The quantitative estimate of drug-likeness (QED) is 0.549. The Morgan fingerprint density at radius 3 is 2.35 bits per heavy atom. The van der Waals surface area contributed by atoms with Crippen molar-refractivity contribution >= 4 is 17.8 Å². The minimum absolute atomic E-state index is 0.0518. The fourth-order valence-corrected chi connectivity index (χ4v) is 4.14. The Morgan fingerprint density at radius 1 is 1.03 bits per heavy atom. The first-order valence-electron chi connectivity index (χ1n) is 11.4. The van der Waals surface area contributed by atoms with Crippen LogP contribution in [0.4, 0.5) is 4.39 Å². The lowest BCUT2D eigenvalue weighted by Gasteiger charge is -2.38. The van der Waals surface area contributed by atoms with Crippen molar-refractivity contribution in [1.29, 1.82) is 0 Å². The zero-order chi connectivity index (χ0) is 24.7. The Morgan fingerprint density at radius 2 is 1.71 bits per heavy atom. The van der Waals surface area contributed by atoms with Crippen molar-refractivity contribution in [2.45, 2.75) is 51.7 Å². The molecule has 0 saturated carbocycles. The molecule has 0 aliphatic carbocycles. The molecule has 2 amide bonds. The maximum atomic E-state index is 13.3. The molecule has 2 atom stereocenters. The maximum absolute atomic E-state index is 13.3. The maximum Gasteiger partial charge on any atom is 0.338 e. The van der Waals surface area contributed by atoms with Gasteiger partial charge in [0.25, 0.3) is 11.8 Å². The monoisotopic (exact) mass is 470 g/mol. The first kappa shape index (κ1) is 25.2. The lowest BCUT2D eigenvalue weighted by atomic mass is 9.97. The molecule has 3 rings (SSSR count). The van der Waals surface area contributed by atoms with E-state index in [-0.39, 0.29) is 42.5 Å². The molecule has 0 radical (unpaired) electrons. The zero-order valence-electron chi connectivity index (χ0n) is 19.8. The number of piperidine rings is 1. The molecule has 0 unspecified atom stereocenters. The molecule has 34 heavy (non-hydrogen) atoms. The van der Waals surface area contributed by atoms with Gasteiger partial charge in [-0.1, -0.05) is 12.1 Å². The summed E-state index contributed by atoms with van der Waals surface area (Å²) in [4.78, 5) is 40.4. The summed E-state index contributed by atoms with van der Waals surface area (Å²) in [6.45, 7) is 3.82. The lowest BCUT2D eigenvalue weighted by Crippen LogP contribution is -2.49. The molecule has 8 heteroatoms. The number of ether oxygens (including phenoxy) is 2. The van der Waals surface area contributed by atoms with Gasteiger partial charge in [-0.05, 0) is 75.1 Å². The Hall–Kier alpha value is -3.42. The van der Waals surface area contributed by atoms with Crippen molar-refractivity contribution in [2.75, 3.05) is 20.3 Å². The van der Waals surface area contributed by atoms with E-state index in [0.717, 1.165) is 19.3 Å². The topological polar surface area (TPSA) is 76.1 Å². The van der Waals surface area contributed by atoms with E-state index >= 15 is 0 Å². The van der Waals surface area contributed by atoms with Crippen molar-refractivity contribution in [3.63, 3.8) is 0 Å². The molecule has 0 spiro atoms. The van der Waals surface area contributed by atoms with Crippen LogP contribution in [-0.4, -0.2) is 59.9 Å². The fourth-order valence-electron chi connectivity index (χ4n) is 4.14. The second-order valence-corrected chi connectivity index (χ2v) is 8.70. The fraction of sp³-hybridized carbons (Fsp3) is 0.423. The predicted molar refractivity (Wildman–Crippen MR) is 125 cm³/mol. The number of halogens is 1. The highest BCUT2D eigenvalue weighted by Crippen LogP contribution is 2.23. The normalized spacial score (nSPS) is 17.7. The van der Waals surface area contributed by atoms with Gasteiger partial charge in [-0.25, -0.2) is 9.18 Å². The summed E-state index contributed by atoms with van der Waals surface area (Å²) in [5.41, 5.74) is 0.901. The summed E-state index contributed by atoms with van der Waals surface area (Å²) in [7, 11) is 1.56. The number of likely N-dealkylation sites (tertiary alicyclic amines) is 1. The molecule has 182 valence electrons. The van der Waals surface area contributed by atoms with Crippen LogP contribution in [0.5, 0.6) is 5.75 Å². The third-order valence-corrected chi connectivity index (χ3v) is 6.00. The number of nitrogens with zero attached hydrogens (tertiary/aromatic N) is 2. The van der Waals surface area contributed by atoms with Crippen LogP contribution in [0.25, 0.3) is 0 Å². The van der Waals surface area contributed by atoms with Gasteiger partial charge in [0.05, 0.1) is 5.56 Å².